The fourth-order valence-electron chi connectivity index (χ4n) is 1.60. The molecule has 1 heterocycles. The molecule has 17 heavy (non-hydrogen) atoms. The average molecular weight is 233 g/mol. The van der Waals surface area contributed by atoms with E-state index < -0.39 is 0 Å². The van der Waals surface area contributed by atoms with Crippen LogP contribution in [-0.4, -0.2) is 31.1 Å². The molecule has 0 saturated heterocycles. The molecule has 0 fully saturated rings. The number of hydrogen-bond donors (Lipinski definition) is 0. The summed E-state index contributed by atoms with van der Waals surface area (Å²) < 4.78 is 10.3. The zero-order chi connectivity index (χ0) is 12.1. The molecule has 0 saturated carbocycles. The molecule has 1 aromatic carbocycles. The molecule has 0 bridgehead atoms. The van der Waals surface area contributed by atoms with Gasteiger partial charge < -0.3 is 14.4 Å². The lowest BCUT2D eigenvalue weighted by molar-refractivity contribution is -0.131. The van der Waals surface area contributed by atoms with Gasteiger partial charge in [0, 0.05) is 13.6 Å². The Kier molecular flexibility index (Phi) is 3.65. The summed E-state index contributed by atoms with van der Waals surface area (Å²) in [6.07, 6.45) is 1.38. The number of rotatable bonds is 3. The Balaban J connectivity index is 1.98. The smallest absolute Gasteiger partial charge is 0.292 e. The van der Waals surface area contributed by atoms with E-state index in [-0.39, 0.29) is 11.7 Å². The SMILES string of the molecule is CN(Cc1ccccc1)C(=O)C1=COCCO1. The van der Waals surface area contributed by atoms with Crippen molar-refractivity contribution in [2.24, 2.45) is 0 Å². The standard InChI is InChI=1S/C13H15NO3/c1-14(9-11-5-3-2-4-6-11)13(15)12-10-16-7-8-17-12/h2-6,10H,7-9H2,1H3. The van der Waals surface area contributed by atoms with Crippen LogP contribution in [0.2, 0.25) is 0 Å². The molecular formula is C13H15NO3. The summed E-state index contributed by atoms with van der Waals surface area (Å²) in [4.78, 5) is 13.6. The van der Waals surface area contributed by atoms with Gasteiger partial charge in [-0.2, -0.15) is 0 Å². The first-order valence-electron chi connectivity index (χ1n) is 5.51. The maximum atomic E-state index is 12.0. The molecule has 90 valence electrons. The Morgan fingerprint density at radius 1 is 1.29 bits per heavy atom. The van der Waals surface area contributed by atoms with Gasteiger partial charge in [-0.1, -0.05) is 30.3 Å². The van der Waals surface area contributed by atoms with E-state index in [1.807, 2.05) is 30.3 Å². The monoisotopic (exact) mass is 233 g/mol. The van der Waals surface area contributed by atoms with E-state index >= 15 is 0 Å². The predicted octanol–water partition coefficient (Wildman–Crippen LogP) is 1.53. The van der Waals surface area contributed by atoms with Crippen molar-refractivity contribution in [3.8, 4) is 0 Å². The van der Waals surface area contributed by atoms with Gasteiger partial charge >= 0.3 is 0 Å². The summed E-state index contributed by atoms with van der Waals surface area (Å²) in [6, 6.07) is 9.82. The van der Waals surface area contributed by atoms with Crippen molar-refractivity contribution in [1.29, 1.82) is 0 Å². The van der Waals surface area contributed by atoms with Crippen molar-refractivity contribution in [3.63, 3.8) is 0 Å². The number of likely N-dealkylation sites (N-methyl/N-ethyl adjacent to an activating group) is 1. The van der Waals surface area contributed by atoms with Gasteiger partial charge in [0.1, 0.15) is 19.5 Å². The maximum absolute atomic E-state index is 12.0. The minimum atomic E-state index is -0.159. The van der Waals surface area contributed by atoms with Crippen LogP contribution in [0.1, 0.15) is 5.56 Å². The second kappa shape index (κ2) is 5.39. The fraction of sp³-hybridized carbons (Fsp3) is 0.308. The number of hydrogen-bond acceptors (Lipinski definition) is 3. The summed E-state index contributed by atoms with van der Waals surface area (Å²) in [6.45, 7) is 1.48. The number of nitrogens with zero attached hydrogens (tertiary/aromatic N) is 1. The van der Waals surface area contributed by atoms with Gasteiger partial charge in [-0.3, -0.25) is 4.79 Å². The van der Waals surface area contributed by atoms with Gasteiger partial charge in [0.15, 0.2) is 0 Å². The molecule has 1 aliphatic heterocycles. The van der Waals surface area contributed by atoms with Crippen LogP contribution in [0.15, 0.2) is 42.4 Å². The Morgan fingerprint density at radius 3 is 2.71 bits per heavy atom. The van der Waals surface area contributed by atoms with Crippen molar-refractivity contribution in [1.82, 2.24) is 4.90 Å². The molecule has 4 heteroatoms. The van der Waals surface area contributed by atoms with E-state index in [0.717, 1.165) is 5.56 Å². The van der Waals surface area contributed by atoms with Gasteiger partial charge in [0.2, 0.25) is 5.76 Å². The van der Waals surface area contributed by atoms with E-state index in [1.54, 1.807) is 11.9 Å². The highest BCUT2D eigenvalue weighted by Gasteiger charge is 2.19. The summed E-state index contributed by atoms with van der Waals surface area (Å²) in [7, 11) is 1.74. The Hall–Kier alpha value is -1.97. The highest BCUT2D eigenvalue weighted by atomic mass is 16.6. The summed E-state index contributed by atoms with van der Waals surface area (Å²) in [5.41, 5.74) is 1.08. The van der Waals surface area contributed by atoms with E-state index in [4.69, 9.17) is 9.47 Å². The molecular weight excluding hydrogens is 218 g/mol. The summed E-state index contributed by atoms with van der Waals surface area (Å²) >= 11 is 0. The highest BCUT2D eigenvalue weighted by Crippen LogP contribution is 2.10. The minimum Gasteiger partial charge on any atom is -0.494 e. The molecule has 0 aromatic heterocycles. The first kappa shape index (κ1) is 11.5. The number of carbonyl (C=O) groups excluding carboxylic acids is 1. The van der Waals surface area contributed by atoms with Gasteiger partial charge in [0.05, 0.1) is 0 Å². The lowest BCUT2D eigenvalue weighted by Crippen LogP contribution is -2.30. The molecule has 0 atom stereocenters. The normalized spacial score (nSPS) is 14.3. The van der Waals surface area contributed by atoms with Crippen molar-refractivity contribution in [2.75, 3.05) is 20.3 Å². The van der Waals surface area contributed by atoms with Gasteiger partial charge in [-0.25, -0.2) is 0 Å². The van der Waals surface area contributed by atoms with Crippen molar-refractivity contribution in [2.45, 2.75) is 6.54 Å². The molecule has 0 radical (unpaired) electrons. The molecule has 1 aromatic rings. The minimum absolute atomic E-state index is 0.159. The number of amides is 1. The molecule has 1 aliphatic rings. The molecule has 2 rings (SSSR count). The van der Waals surface area contributed by atoms with Crippen LogP contribution in [0, 0.1) is 0 Å². The third kappa shape index (κ3) is 3.00. The zero-order valence-corrected chi connectivity index (χ0v) is 9.76. The van der Waals surface area contributed by atoms with Crippen molar-refractivity contribution in [3.05, 3.63) is 47.9 Å². The van der Waals surface area contributed by atoms with Crippen LogP contribution < -0.4 is 0 Å². The van der Waals surface area contributed by atoms with Crippen LogP contribution in [0.5, 0.6) is 0 Å². The largest absolute Gasteiger partial charge is 0.494 e. The molecule has 0 N–H and O–H groups in total. The molecule has 0 aliphatic carbocycles. The molecule has 0 unspecified atom stereocenters. The van der Waals surface area contributed by atoms with Gasteiger partial charge in [-0.15, -0.1) is 0 Å². The van der Waals surface area contributed by atoms with Crippen LogP contribution in [-0.2, 0) is 20.8 Å². The quantitative estimate of drug-likeness (QED) is 0.794. The van der Waals surface area contributed by atoms with E-state index in [9.17, 15) is 4.79 Å². The van der Waals surface area contributed by atoms with Crippen LogP contribution >= 0.6 is 0 Å². The maximum Gasteiger partial charge on any atom is 0.292 e. The second-order valence-electron chi connectivity index (χ2n) is 3.85. The Morgan fingerprint density at radius 2 is 2.06 bits per heavy atom. The number of ether oxygens (including phenoxy) is 2. The van der Waals surface area contributed by atoms with Crippen LogP contribution in [0.3, 0.4) is 0 Å². The first-order valence-corrected chi connectivity index (χ1v) is 5.51. The third-order valence-corrected chi connectivity index (χ3v) is 2.47. The fourth-order valence-corrected chi connectivity index (χ4v) is 1.60. The Labute approximate surface area is 100 Å². The summed E-state index contributed by atoms with van der Waals surface area (Å²) in [5, 5.41) is 0. The third-order valence-electron chi connectivity index (χ3n) is 2.47. The van der Waals surface area contributed by atoms with Crippen molar-refractivity contribution < 1.29 is 14.3 Å². The van der Waals surface area contributed by atoms with E-state index in [2.05, 4.69) is 0 Å². The highest BCUT2D eigenvalue weighted by molar-refractivity contribution is 5.91. The lowest BCUT2D eigenvalue weighted by Gasteiger charge is -2.21. The molecule has 4 nitrogen and oxygen atoms in total. The van der Waals surface area contributed by atoms with Gasteiger partial charge in [0.25, 0.3) is 5.91 Å². The Bertz CT molecular complexity index is 414. The molecule has 1 amide bonds. The number of benzene rings is 1. The van der Waals surface area contributed by atoms with Crippen molar-refractivity contribution >= 4 is 5.91 Å². The van der Waals surface area contributed by atoms with Crippen LogP contribution in [0.25, 0.3) is 0 Å². The number of carbonyl (C=O) groups is 1. The zero-order valence-electron chi connectivity index (χ0n) is 9.76. The topological polar surface area (TPSA) is 38.8 Å². The predicted molar refractivity (Wildman–Crippen MR) is 62.9 cm³/mol. The van der Waals surface area contributed by atoms with Crippen LogP contribution in [0.4, 0.5) is 0 Å². The van der Waals surface area contributed by atoms with E-state index in [0.29, 0.717) is 19.8 Å². The molecule has 0 spiro atoms. The first-order chi connectivity index (χ1) is 8.27. The van der Waals surface area contributed by atoms with Gasteiger partial charge in [-0.05, 0) is 5.56 Å². The summed E-state index contributed by atoms with van der Waals surface area (Å²) in [5.74, 6) is 0.114. The second-order valence-corrected chi connectivity index (χ2v) is 3.85. The van der Waals surface area contributed by atoms with E-state index in [1.165, 1.54) is 6.26 Å². The lowest BCUT2D eigenvalue weighted by atomic mass is 10.2. The average Bonchev–Trinajstić information content (AvgIpc) is 2.40.